The number of nitrogens with zero attached hydrogens (tertiary/aromatic N) is 2. The van der Waals surface area contributed by atoms with Crippen molar-refractivity contribution in [2.24, 2.45) is 0 Å². The number of aromatic nitrogens is 2. The van der Waals surface area contributed by atoms with Crippen molar-refractivity contribution < 1.29 is 9.59 Å². The number of rotatable bonds is 3. The number of hydrogen-bond donors (Lipinski definition) is 2. The van der Waals surface area contributed by atoms with Crippen LogP contribution in [-0.4, -0.2) is 41.8 Å². The third-order valence-corrected chi connectivity index (χ3v) is 6.86. The topological polar surface area (TPSA) is 72.2 Å². The Morgan fingerprint density at radius 3 is 2.23 bits per heavy atom. The Balaban J connectivity index is 1.39. The number of amides is 1. The molecule has 1 amide bonds. The fraction of sp³-hybridized carbons (Fsp3) is 0.280. The van der Waals surface area contributed by atoms with E-state index >= 15 is 0 Å². The van der Waals surface area contributed by atoms with E-state index in [1.807, 2.05) is 36.1 Å². The summed E-state index contributed by atoms with van der Waals surface area (Å²) >= 11 is 0. The van der Waals surface area contributed by atoms with Crippen molar-refractivity contribution in [1.82, 2.24) is 9.97 Å². The normalized spacial score (nSPS) is 15.2. The second-order valence-electron chi connectivity index (χ2n) is 8.57. The largest absolute Gasteiger partial charge is 0.374 e. The first-order valence-corrected chi connectivity index (χ1v) is 10.9. The Bertz CT molecular complexity index is 1390. The lowest BCUT2D eigenvalue weighted by molar-refractivity contribution is 0.0977. The maximum absolute atomic E-state index is 13.5. The van der Waals surface area contributed by atoms with Gasteiger partial charge in [-0.2, -0.15) is 0 Å². The number of anilines is 2. The Morgan fingerprint density at radius 1 is 0.871 bits per heavy atom. The van der Waals surface area contributed by atoms with Crippen LogP contribution in [0.4, 0.5) is 11.4 Å². The van der Waals surface area contributed by atoms with Crippen LogP contribution in [0, 0.1) is 0 Å². The molecule has 2 aliphatic heterocycles. The smallest absolute Gasteiger partial charge is 0.274 e. The summed E-state index contributed by atoms with van der Waals surface area (Å²) in [5.74, 6) is 0.0990. The fourth-order valence-corrected chi connectivity index (χ4v) is 5.20. The molecule has 0 radical (unpaired) electrons. The highest BCUT2D eigenvalue weighted by Gasteiger charge is 2.29. The van der Waals surface area contributed by atoms with Crippen molar-refractivity contribution >= 4 is 44.9 Å². The van der Waals surface area contributed by atoms with Crippen LogP contribution >= 0.6 is 0 Å². The highest BCUT2D eigenvalue weighted by atomic mass is 16.2. The molecule has 0 unspecified atom stereocenters. The van der Waals surface area contributed by atoms with Gasteiger partial charge in [0, 0.05) is 59.7 Å². The second-order valence-corrected chi connectivity index (χ2v) is 8.57. The van der Waals surface area contributed by atoms with Gasteiger partial charge in [-0.3, -0.25) is 9.59 Å². The maximum Gasteiger partial charge on any atom is 0.274 e. The Hall–Kier alpha value is -3.54. The Kier molecular flexibility index (Phi) is 3.81. The third-order valence-electron chi connectivity index (χ3n) is 6.86. The molecule has 0 saturated carbocycles. The van der Waals surface area contributed by atoms with E-state index in [1.165, 1.54) is 11.3 Å². The number of carbonyl (C=O) groups excluding carboxylic acids is 2. The van der Waals surface area contributed by atoms with Gasteiger partial charge in [0.15, 0.2) is 5.78 Å². The molecule has 156 valence electrons. The van der Waals surface area contributed by atoms with Crippen LogP contribution in [0.5, 0.6) is 0 Å². The van der Waals surface area contributed by atoms with Gasteiger partial charge in [-0.05, 0) is 60.4 Å². The molecule has 6 rings (SSSR count). The highest BCUT2D eigenvalue weighted by Crippen LogP contribution is 2.37. The van der Waals surface area contributed by atoms with Crippen LogP contribution < -0.4 is 9.80 Å². The summed E-state index contributed by atoms with van der Waals surface area (Å²) in [6.45, 7) is 3.52. The van der Waals surface area contributed by atoms with Gasteiger partial charge < -0.3 is 19.8 Å². The zero-order chi connectivity index (χ0) is 21.3. The number of benzene rings is 2. The molecule has 0 spiro atoms. The molecular weight excluding hydrogens is 388 g/mol. The van der Waals surface area contributed by atoms with Gasteiger partial charge in [0.1, 0.15) is 5.69 Å². The first kappa shape index (κ1) is 18.2. The predicted molar refractivity (Wildman–Crippen MR) is 124 cm³/mol. The zero-order valence-corrected chi connectivity index (χ0v) is 17.7. The maximum atomic E-state index is 13.5. The van der Waals surface area contributed by atoms with Crippen molar-refractivity contribution in [3.8, 4) is 0 Å². The minimum atomic E-state index is -0.00482. The summed E-state index contributed by atoms with van der Waals surface area (Å²) in [4.78, 5) is 36.3. The fourth-order valence-electron chi connectivity index (χ4n) is 5.20. The first-order chi connectivity index (χ1) is 15.0. The molecule has 2 aromatic carbocycles. The molecule has 0 aliphatic carbocycles. The monoisotopic (exact) mass is 412 g/mol. The minimum absolute atomic E-state index is 0.00482. The van der Waals surface area contributed by atoms with E-state index in [4.69, 9.17) is 0 Å². The molecule has 2 aliphatic rings. The third kappa shape index (κ3) is 2.57. The summed E-state index contributed by atoms with van der Waals surface area (Å²) in [6.07, 6.45) is 2.27. The lowest BCUT2D eigenvalue weighted by Gasteiger charge is -2.16. The average molecular weight is 412 g/mol. The van der Waals surface area contributed by atoms with E-state index in [-0.39, 0.29) is 11.7 Å². The number of fused-ring (bicyclic) bond motifs is 6. The summed E-state index contributed by atoms with van der Waals surface area (Å²) in [7, 11) is 2.11. The number of aromatic amines is 2. The van der Waals surface area contributed by atoms with E-state index in [0.717, 1.165) is 52.4 Å². The molecule has 31 heavy (non-hydrogen) atoms. The Labute approximate surface area is 179 Å². The van der Waals surface area contributed by atoms with Crippen LogP contribution in [0.15, 0.2) is 36.4 Å². The summed E-state index contributed by atoms with van der Waals surface area (Å²) in [5, 5.41) is 2.19. The van der Waals surface area contributed by atoms with E-state index < -0.39 is 0 Å². The molecule has 6 heteroatoms. The highest BCUT2D eigenvalue weighted by molar-refractivity contribution is 6.11. The average Bonchev–Trinajstić information content (AvgIpc) is 3.54. The van der Waals surface area contributed by atoms with E-state index in [9.17, 15) is 9.59 Å². The quantitative estimate of drug-likeness (QED) is 0.489. The number of carbonyl (C=O) groups is 2. The first-order valence-electron chi connectivity index (χ1n) is 10.9. The zero-order valence-electron chi connectivity index (χ0n) is 17.7. The number of H-pyrrole nitrogens is 2. The van der Waals surface area contributed by atoms with Crippen molar-refractivity contribution in [2.75, 3.05) is 29.9 Å². The van der Waals surface area contributed by atoms with Gasteiger partial charge in [0.2, 0.25) is 0 Å². The molecule has 2 aromatic heterocycles. The molecule has 2 N–H and O–H groups in total. The van der Waals surface area contributed by atoms with Gasteiger partial charge in [-0.15, -0.1) is 0 Å². The standard InChI is InChI=1S/C25H24N4O2/c1-3-24(30)20-12-16-15-9-11-29(23(15)7-5-18(16)26-20)25(31)21-13-17-14-8-10-28(2)22(14)6-4-19(17)27-21/h4-7,12-13,26-27H,3,8-11H2,1-2H3. The predicted octanol–water partition coefficient (Wildman–Crippen LogP) is 4.44. The van der Waals surface area contributed by atoms with Crippen LogP contribution in [0.1, 0.15) is 45.4 Å². The molecule has 0 saturated heterocycles. The van der Waals surface area contributed by atoms with Crippen LogP contribution in [0.25, 0.3) is 21.8 Å². The minimum Gasteiger partial charge on any atom is -0.374 e. The number of hydrogen-bond acceptors (Lipinski definition) is 3. The summed E-state index contributed by atoms with van der Waals surface area (Å²) in [6, 6.07) is 12.1. The van der Waals surface area contributed by atoms with Gasteiger partial charge in [0.05, 0.1) is 5.69 Å². The van der Waals surface area contributed by atoms with E-state index in [0.29, 0.717) is 24.4 Å². The number of likely N-dealkylation sites (N-methyl/N-ethyl adjacent to an activating group) is 1. The van der Waals surface area contributed by atoms with Crippen LogP contribution in [0.3, 0.4) is 0 Å². The molecule has 4 heterocycles. The van der Waals surface area contributed by atoms with Crippen LogP contribution in [0.2, 0.25) is 0 Å². The van der Waals surface area contributed by atoms with Gasteiger partial charge in [-0.25, -0.2) is 0 Å². The SMILES string of the molecule is CCC(=O)c1cc2c3c(ccc2[nH]1)N(C(=O)c1cc2c4c(ccc2[nH]1)N(C)CC4)CC3. The summed E-state index contributed by atoms with van der Waals surface area (Å²) < 4.78 is 0. The van der Waals surface area contributed by atoms with Gasteiger partial charge in [0.25, 0.3) is 5.91 Å². The number of ketones is 1. The lowest BCUT2D eigenvalue weighted by Crippen LogP contribution is -2.29. The molecule has 0 fully saturated rings. The van der Waals surface area contributed by atoms with Crippen molar-refractivity contribution in [3.63, 3.8) is 0 Å². The number of nitrogens with one attached hydrogen (secondary N) is 2. The van der Waals surface area contributed by atoms with Crippen molar-refractivity contribution in [2.45, 2.75) is 26.2 Å². The van der Waals surface area contributed by atoms with Crippen LogP contribution in [-0.2, 0) is 12.8 Å². The second kappa shape index (κ2) is 6.48. The molecule has 0 atom stereocenters. The molecule has 4 aromatic rings. The van der Waals surface area contributed by atoms with E-state index in [2.05, 4.69) is 34.0 Å². The molecular formula is C25H24N4O2. The molecule has 6 nitrogen and oxygen atoms in total. The van der Waals surface area contributed by atoms with E-state index in [1.54, 1.807) is 0 Å². The van der Waals surface area contributed by atoms with Crippen molar-refractivity contribution in [1.29, 1.82) is 0 Å². The lowest BCUT2D eigenvalue weighted by atomic mass is 10.1. The molecule has 0 bridgehead atoms. The Morgan fingerprint density at radius 2 is 1.48 bits per heavy atom. The van der Waals surface area contributed by atoms with Crippen molar-refractivity contribution in [3.05, 3.63) is 58.9 Å². The summed E-state index contributed by atoms with van der Waals surface area (Å²) in [5.41, 5.74) is 7.89. The van der Waals surface area contributed by atoms with Gasteiger partial charge in [-0.1, -0.05) is 6.92 Å². The number of Topliss-reactive ketones (excluding diaryl/α,β-unsaturated/α-hetero) is 1. The van der Waals surface area contributed by atoms with Gasteiger partial charge >= 0.3 is 0 Å².